The second kappa shape index (κ2) is 11.2. The standard InChI is InChI=1S/C28H26N4O5/c1-18-11-12-22(13-19(18)2)30-26(34)17-37-23-10-6-7-20(14-23)15-24-27(35)32(28(36)31-24)16-25(33)29-21-8-4-3-5-9-21/h3-15H,16-17H2,1-2H3,(H,29,33)(H,30,34)(H,31,36)/b24-15-. The zero-order valence-corrected chi connectivity index (χ0v) is 20.4. The maximum absolute atomic E-state index is 12.7. The third-order valence-electron chi connectivity index (χ3n) is 5.65. The topological polar surface area (TPSA) is 117 Å². The van der Waals surface area contributed by atoms with Crippen molar-refractivity contribution in [2.24, 2.45) is 0 Å². The van der Waals surface area contributed by atoms with Crippen molar-refractivity contribution in [3.63, 3.8) is 0 Å². The van der Waals surface area contributed by atoms with Gasteiger partial charge in [0.15, 0.2) is 6.61 Å². The average Bonchev–Trinajstić information content (AvgIpc) is 3.13. The van der Waals surface area contributed by atoms with Crippen molar-refractivity contribution in [1.29, 1.82) is 0 Å². The van der Waals surface area contributed by atoms with Gasteiger partial charge in [0.2, 0.25) is 5.91 Å². The number of hydrogen-bond donors (Lipinski definition) is 3. The van der Waals surface area contributed by atoms with Crippen LogP contribution in [0.15, 0.2) is 78.5 Å². The van der Waals surface area contributed by atoms with Crippen LogP contribution in [0.25, 0.3) is 6.08 Å². The predicted octanol–water partition coefficient (Wildman–Crippen LogP) is 3.85. The first kappa shape index (κ1) is 25.2. The van der Waals surface area contributed by atoms with E-state index < -0.39 is 24.4 Å². The molecule has 1 aliphatic heterocycles. The zero-order chi connectivity index (χ0) is 26.4. The number of nitrogens with one attached hydrogen (secondary N) is 3. The highest BCUT2D eigenvalue weighted by Crippen LogP contribution is 2.19. The molecule has 0 aliphatic carbocycles. The van der Waals surface area contributed by atoms with Crippen molar-refractivity contribution >= 4 is 41.2 Å². The lowest BCUT2D eigenvalue weighted by atomic mass is 10.1. The van der Waals surface area contributed by atoms with Crippen molar-refractivity contribution in [2.75, 3.05) is 23.8 Å². The Morgan fingerprint density at radius 1 is 0.865 bits per heavy atom. The average molecular weight is 499 g/mol. The number of imide groups is 1. The Hall–Kier alpha value is -4.92. The maximum atomic E-state index is 12.7. The first-order chi connectivity index (χ1) is 17.8. The van der Waals surface area contributed by atoms with Gasteiger partial charge < -0.3 is 20.7 Å². The molecule has 1 fully saturated rings. The molecule has 9 heteroatoms. The molecule has 0 saturated carbocycles. The number of carbonyl (C=O) groups is 4. The highest BCUT2D eigenvalue weighted by atomic mass is 16.5. The van der Waals surface area contributed by atoms with Gasteiger partial charge in [0, 0.05) is 11.4 Å². The lowest BCUT2D eigenvalue weighted by Crippen LogP contribution is -2.38. The first-order valence-corrected chi connectivity index (χ1v) is 11.6. The third kappa shape index (κ3) is 6.61. The molecule has 0 atom stereocenters. The number of para-hydroxylation sites is 1. The van der Waals surface area contributed by atoms with Crippen LogP contribution in [0.3, 0.4) is 0 Å². The summed E-state index contributed by atoms with van der Waals surface area (Å²) in [5, 5.41) is 7.93. The normalized spacial score (nSPS) is 13.9. The minimum absolute atomic E-state index is 0.0298. The predicted molar refractivity (Wildman–Crippen MR) is 140 cm³/mol. The lowest BCUT2D eigenvalue weighted by molar-refractivity contribution is -0.127. The second-order valence-corrected chi connectivity index (χ2v) is 8.50. The number of ether oxygens (including phenoxy) is 1. The SMILES string of the molecule is Cc1ccc(NC(=O)COc2cccc(/C=C3\NC(=O)N(CC(=O)Nc4ccccc4)C3=O)c2)cc1C. The first-order valence-electron chi connectivity index (χ1n) is 11.6. The van der Waals surface area contributed by atoms with Crippen molar-refractivity contribution in [1.82, 2.24) is 10.2 Å². The number of nitrogens with zero attached hydrogens (tertiary/aromatic N) is 1. The van der Waals surface area contributed by atoms with Crippen LogP contribution in [-0.4, -0.2) is 41.8 Å². The van der Waals surface area contributed by atoms with E-state index in [-0.39, 0.29) is 18.2 Å². The molecule has 9 nitrogen and oxygen atoms in total. The Morgan fingerprint density at radius 3 is 2.38 bits per heavy atom. The maximum Gasteiger partial charge on any atom is 0.329 e. The van der Waals surface area contributed by atoms with Gasteiger partial charge in [0.1, 0.15) is 18.0 Å². The zero-order valence-electron chi connectivity index (χ0n) is 20.4. The van der Waals surface area contributed by atoms with Gasteiger partial charge in [-0.2, -0.15) is 0 Å². The van der Waals surface area contributed by atoms with E-state index in [4.69, 9.17) is 4.74 Å². The Morgan fingerprint density at radius 2 is 1.62 bits per heavy atom. The van der Waals surface area contributed by atoms with Crippen LogP contribution in [0, 0.1) is 13.8 Å². The van der Waals surface area contributed by atoms with Crippen molar-refractivity contribution in [3.8, 4) is 5.75 Å². The Labute approximate surface area is 214 Å². The fourth-order valence-corrected chi connectivity index (χ4v) is 3.61. The number of anilines is 2. The Bertz CT molecular complexity index is 1380. The van der Waals surface area contributed by atoms with Gasteiger partial charge in [-0.15, -0.1) is 0 Å². The highest BCUT2D eigenvalue weighted by molar-refractivity contribution is 6.16. The molecule has 3 N–H and O–H groups in total. The number of hydrogen-bond acceptors (Lipinski definition) is 5. The van der Waals surface area contributed by atoms with Crippen LogP contribution >= 0.6 is 0 Å². The van der Waals surface area contributed by atoms with Crippen LogP contribution in [0.4, 0.5) is 16.2 Å². The molecule has 37 heavy (non-hydrogen) atoms. The molecule has 0 aromatic heterocycles. The Balaban J connectivity index is 1.35. The summed E-state index contributed by atoms with van der Waals surface area (Å²) >= 11 is 0. The monoisotopic (exact) mass is 498 g/mol. The Kier molecular flexibility index (Phi) is 7.63. The second-order valence-electron chi connectivity index (χ2n) is 8.50. The molecular weight excluding hydrogens is 472 g/mol. The van der Waals surface area contributed by atoms with E-state index in [2.05, 4.69) is 16.0 Å². The number of carbonyl (C=O) groups excluding carboxylic acids is 4. The summed E-state index contributed by atoms with van der Waals surface area (Å²) in [6, 6.07) is 20.5. The summed E-state index contributed by atoms with van der Waals surface area (Å²) < 4.78 is 5.60. The van der Waals surface area contributed by atoms with Crippen LogP contribution in [0.1, 0.15) is 16.7 Å². The van der Waals surface area contributed by atoms with E-state index in [9.17, 15) is 19.2 Å². The minimum Gasteiger partial charge on any atom is -0.484 e. The summed E-state index contributed by atoms with van der Waals surface area (Å²) in [6.07, 6.45) is 1.48. The summed E-state index contributed by atoms with van der Waals surface area (Å²) in [5.41, 5.74) is 4.06. The number of amides is 5. The quantitative estimate of drug-likeness (QED) is 0.322. The largest absolute Gasteiger partial charge is 0.484 e. The van der Waals surface area contributed by atoms with E-state index in [0.29, 0.717) is 22.7 Å². The van der Waals surface area contributed by atoms with Gasteiger partial charge in [-0.25, -0.2) is 9.69 Å². The van der Waals surface area contributed by atoms with E-state index in [1.165, 1.54) is 6.08 Å². The van der Waals surface area contributed by atoms with E-state index in [0.717, 1.165) is 16.0 Å². The molecule has 1 aliphatic rings. The lowest BCUT2D eigenvalue weighted by Gasteiger charge is -2.11. The molecule has 5 amide bonds. The van der Waals surface area contributed by atoms with Gasteiger partial charge in [0.25, 0.3) is 11.8 Å². The van der Waals surface area contributed by atoms with Crippen molar-refractivity contribution in [2.45, 2.75) is 13.8 Å². The van der Waals surface area contributed by atoms with E-state index in [1.807, 2.05) is 38.1 Å². The number of aryl methyl sites for hydroxylation is 2. The van der Waals surface area contributed by atoms with Crippen LogP contribution in [0.5, 0.6) is 5.75 Å². The summed E-state index contributed by atoms with van der Waals surface area (Å²) in [5.74, 6) is -1.01. The molecule has 1 saturated heterocycles. The molecule has 1 heterocycles. The van der Waals surface area contributed by atoms with Crippen molar-refractivity contribution in [3.05, 3.63) is 95.2 Å². The van der Waals surface area contributed by atoms with Crippen LogP contribution in [-0.2, 0) is 14.4 Å². The molecule has 4 rings (SSSR count). The molecule has 0 bridgehead atoms. The molecule has 0 unspecified atom stereocenters. The van der Waals surface area contributed by atoms with Gasteiger partial charge in [-0.05, 0) is 73.0 Å². The fourth-order valence-electron chi connectivity index (χ4n) is 3.61. The molecule has 188 valence electrons. The number of urea groups is 1. The minimum atomic E-state index is -0.685. The smallest absolute Gasteiger partial charge is 0.329 e. The number of benzene rings is 3. The van der Waals surface area contributed by atoms with Crippen LogP contribution in [0.2, 0.25) is 0 Å². The van der Waals surface area contributed by atoms with Gasteiger partial charge in [-0.1, -0.05) is 36.4 Å². The summed E-state index contributed by atoms with van der Waals surface area (Å²) in [7, 11) is 0. The number of rotatable bonds is 8. The summed E-state index contributed by atoms with van der Waals surface area (Å²) in [6.45, 7) is 3.34. The molecule has 0 radical (unpaired) electrons. The van der Waals surface area contributed by atoms with Crippen molar-refractivity contribution < 1.29 is 23.9 Å². The van der Waals surface area contributed by atoms with E-state index >= 15 is 0 Å². The highest BCUT2D eigenvalue weighted by Gasteiger charge is 2.34. The van der Waals surface area contributed by atoms with Crippen LogP contribution < -0.4 is 20.7 Å². The molecular formula is C28H26N4O5. The third-order valence-corrected chi connectivity index (χ3v) is 5.65. The van der Waals surface area contributed by atoms with Gasteiger partial charge in [-0.3, -0.25) is 14.4 Å². The molecule has 3 aromatic carbocycles. The van der Waals surface area contributed by atoms with E-state index in [1.54, 1.807) is 48.5 Å². The molecule has 0 spiro atoms. The van der Waals surface area contributed by atoms with Gasteiger partial charge >= 0.3 is 6.03 Å². The summed E-state index contributed by atoms with van der Waals surface area (Å²) in [4.78, 5) is 50.5. The van der Waals surface area contributed by atoms with Gasteiger partial charge in [0.05, 0.1) is 0 Å². The fraction of sp³-hybridized carbons (Fsp3) is 0.143. The molecule has 3 aromatic rings.